The quantitative estimate of drug-likeness (QED) is 0.586. The SMILES string of the molecule is Cn1cc(CCC(NN)C2CSCCO2)cn1. The van der Waals surface area contributed by atoms with E-state index >= 15 is 0 Å². The molecular weight excluding hydrogens is 236 g/mol. The molecule has 0 spiro atoms. The maximum Gasteiger partial charge on any atom is 0.0832 e. The predicted octanol–water partition coefficient (Wildman–Crippen LogP) is 0.317. The largest absolute Gasteiger partial charge is 0.375 e. The second-order valence-electron chi connectivity index (χ2n) is 4.32. The first kappa shape index (κ1) is 12.9. The number of hydrazine groups is 1. The first-order valence-corrected chi connectivity index (χ1v) is 7.08. The van der Waals surface area contributed by atoms with Gasteiger partial charge in [-0.3, -0.25) is 16.0 Å². The Morgan fingerprint density at radius 1 is 1.76 bits per heavy atom. The molecule has 96 valence electrons. The van der Waals surface area contributed by atoms with Crippen molar-refractivity contribution < 1.29 is 4.74 Å². The molecular formula is C11H20N4OS. The van der Waals surface area contributed by atoms with Crippen LogP contribution in [0, 0.1) is 0 Å². The minimum atomic E-state index is 0.225. The minimum Gasteiger partial charge on any atom is -0.375 e. The molecule has 17 heavy (non-hydrogen) atoms. The topological polar surface area (TPSA) is 65.1 Å². The molecule has 1 aromatic heterocycles. The lowest BCUT2D eigenvalue weighted by Gasteiger charge is -2.29. The number of thioether (sulfide) groups is 1. The summed E-state index contributed by atoms with van der Waals surface area (Å²) in [6.45, 7) is 0.834. The molecule has 0 saturated carbocycles. The zero-order valence-electron chi connectivity index (χ0n) is 10.1. The summed E-state index contributed by atoms with van der Waals surface area (Å²) in [6, 6.07) is 0.225. The van der Waals surface area contributed by atoms with E-state index in [1.54, 1.807) is 0 Å². The van der Waals surface area contributed by atoms with Crippen LogP contribution in [0.3, 0.4) is 0 Å². The van der Waals surface area contributed by atoms with Gasteiger partial charge in [0.15, 0.2) is 0 Å². The third-order valence-corrected chi connectivity index (χ3v) is 4.03. The van der Waals surface area contributed by atoms with Crippen molar-refractivity contribution in [2.24, 2.45) is 12.9 Å². The van der Waals surface area contributed by atoms with Crippen LogP contribution in [0.4, 0.5) is 0 Å². The molecule has 0 amide bonds. The summed E-state index contributed by atoms with van der Waals surface area (Å²) in [7, 11) is 1.93. The zero-order chi connectivity index (χ0) is 12.1. The van der Waals surface area contributed by atoms with E-state index in [0.29, 0.717) is 0 Å². The van der Waals surface area contributed by atoms with E-state index in [1.807, 2.05) is 35.9 Å². The Morgan fingerprint density at radius 3 is 3.24 bits per heavy atom. The molecule has 1 aliphatic heterocycles. The van der Waals surface area contributed by atoms with E-state index in [1.165, 1.54) is 5.56 Å². The average Bonchev–Trinajstić information content (AvgIpc) is 2.77. The Hall–Kier alpha value is -0.560. The molecule has 2 heterocycles. The van der Waals surface area contributed by atoms with Gasteiger partial charge in [-0.2, -0.15) is 16.9 Å². The molecule has 0 radical (unpaired) electrons. The maximum atomic E-state index is 5.74. The van der Waals surface area contributed by atoms with Crippen molar-refractivity contribution in [3.63, 3.8) is 0 Å². The van der Waals surface area contributed by atoms with Crippen LogP contribution in [-0.2, 0) is 18.2 Å². The van der Waals surface area contributed by atoms with E-state index in [2.05, 4.69) is 10.5 Å². The summed E-state index contributed by atoms with van der Waals surface area (Å²) in [5, 5.41) is 4.16. The van der Waals surface area contributed by atoms with Gasteiger partial charge in [-0.1, -0.05) is 0 Å². The van der Waals surface area contributed by atoms with Gasteiger partial charge in [-0.25, -0.2) is 0 Å². The van der Waals surface area contributed by atoms with Crippen molar-refractivity contribution in [2.45, 2.75) is 25.0 Å². The van der Waals surface area contributed by atoms with Crippen molar-refractivity contribution >= 4 is 11.8 Å². The number of hydrogen-bond acceptors (Lipinski definition) is 5. The van der Waals surface area contributed by atoms with Gasteiger partial charge >= 0.3 is 0 Å². The standard InChI is InChI=1S/C11H20N4OS/c1-15-7-9(6-13-15)2-3-10(14-12)11-8-17-5-4-16-11/h6-7,10-11,14H,2-5,8,12H2,1H3. The van der Waals surface area contributed by atoms with Gasteiger partial charge in [0.25, 0.3) is 0 Å². The molecule has 5 nitrogen and oxygen atoms in total. The summed E-state index contributed by atoms with van der Waals surface area (Å²) >= 11 is 1.94. The van der Waals surface area contributed by atoms with Crippen molar-refractivity contribution in [1.82, 2.24) is 15.2 Å². The second-order valence-corrected chi connectivity index (χ2v) is 5.47. The van der Waals surface area contributed by atoms with Gasteiger partial charge < -0.3 is 4.74 Å². The number of nitrogens with two attached hydrogens (primary N) is 1. The highest BCUT2D eigenvalue weighted by Crippen LogP contribution is 2.18. The van der Waals surface area contributed by atoms with E-state index in [0.717, 1.165) is 31.0 Å². The molecule has 1 aromatic rings. The van der Waals surface area contributed by atoms with Crippen molar-refractivity contribution in [3.8, 4) is 0 Å². The smallest absolute Gasteiger partial charge is 0.0832 e. The minimum absolute atomic E-state index is 0.225. The number of rotatable bonds is 5. The lowest BCUT2D eigenvalue weighted by atomic mass is 10.0. The Kier molecular flexibility index (Phi) is 4.85. The molecule has 0 aliphatic carbocycles. The van der Waals surface area contributed by atoms with Crippen LogP contribution in [0.2, 0.25) is 0 Å². The molecule has 6 heteroatoms. The van der Waals surface area contributed by atoms with Crippen molar-refractivity contribution in [2.75, 3.05) is 18.1 Å². The number of hydrogen-bond donors (Lipinski definition) is 2. The molecule has 2 atom stereocenters. The highest BCUT2D eigenvalue weighted by molar-refractivity contribution is 7.99. The Bertz CT molecular complexity index is 338. The molecule has 2 rings (SSSR count). The molecule has 0 bridgehead atoms. The summed E-state index contributed by atoms with van der Waals surface area (Å²) in [6.07, 6.45) is 6.14. The van der Waals surface area contributed by atoms with Crippen LogP contribution in [0.5, 0.6) is 0 Å². The zero-order valence-corrected chi connectivity index (χ0v) is 10.9. The normalized spacial score (nSPS) is 22.6. The van der Waals surface area contributed by atoms with Gasteiger partial charge in [0.2, 0.25) is 0 Å². The van der Waals surface area contributed by atoms with Gasteiger partial charge in [0.05, 0.1) is 18.9 Å². The fraction of sp³-hybridized carbons (Fsp3) is 0.727. The summed E-state index contributed by atoms with van der Waals surface area (Å²) in [5.41, 5.74) is 4.13. The van der Waals surface area contributed by atoms with Gasteiger partial charge in [-0.05, 0) is 18.4 Å². The average molecular weight is 256 g/mol. The Morgan fingerprint density at radius 2 is 2.65 bits per heavy atom. The summed E-state index contributed by atoms with van der Waals surface area (Å²) < 4.78 is 7.57. The molecule has 1 aliphatic rings. The van der Waals surface area contributed by atoms with Crippen LogP contribution in [0.15, 0.2) is 12.4 Å². The van der Waals surface area contributed by atoms with Crippen LogP contribution in [-0.4, -0.2) is 40.0 Å². The predicted molar refractivity (Wildman–Crippen MR) is 69.7 cm³/mol. The molecule has 1 fully saturated rings. The number of aryl methyl sites for hydroxylation is 2. The van der Waals surface area contributed by atoms with E-state index in [9.17, 15) is 0 Å². The van der Waals surface area contributed by atoms with E-state index in [-0.39, 0.29) is 12.1 Å². The molecule has 1 saturated heterocycles. The fourth-order valence-corrected chi connectivity index (χ4v) is 2.98. The maximum absolute atomic E-state index is 5.74. The van der Waals surface area contributed by atoms with Crippen LogP contribution < -0.4 is 11.3 Å². The number of nitrogens with one attached hydrogen (secondary N) is 1. The Labute approximate surface area is 106 Å². The third kappa shape index (κ3) is 3.70. The molecule has 0 aromatic carbocycles. The fourth-order valence-electron chi connectivity index (χ4n) is 2.04. The number of nitrogens with zero attached hydrogens (tertiary/aromatic N) is 2. The molecule has 3 N–H and O–H groups in total. The van der Waals surface area contributed by atoms with E-state index in [4.69, 9.17) is 10.6 Å². The van der Waals surface area contributed by atoms with Crippen molar-refractivity contribution in [1.29, 1.82) is 0 Å². The highest BCUT2D eigenvalue weighted by atomic mass is 32.2. The van der Waals surface area contributed by atoms with Crippen molar-refractivity contribution in [3.05, 3.63) is 18.0 Å². The van der Waals surface area contributed by atoms with E-state index < -0.39 is 0 Å². The van der Waals surface area contributed by atoms with Crippen LogP contribution >= 0.6 is 11.8 Å². The van der Waals surface area contributed by atoms with Gasteiger partial charge in [0, 0.05) is 30.8 Å². The number of aromatic nitrogens is 2. The van der Waals surface area contributed by atoms with Crippen LogP contribution in [0.1, 0.15) is 12.0 Å². The van der Waals surface area contributed by atoms with Crippen LogP contribution in [0.25, 0.3) is 0 Å². The third-order valence-electron chi connectivity index (χ3n) is 3.01. The summed E-state index contributed by atoms with van der Waals surface area (Å²) in [5.74, 6) is 7.74. The lowest BCUT2D eigenvalue weighted by Crippen LogP contribution is -2.48. The highest BCUT2D eigenvalue weighted by Gasteiger charge is 2.23. The number of ether oxygens (including phenoxy) is 1. The van der Waals surface area contributed by atoms with Gasteiger partial charge in [-0.15, -0.1) is 0 Å². The first-order chi connectivity index (χ1) is 8.29. The van der Waals surface area contributed by atoms with Gasteiger partial charge in [0.1, 0.15) is 0 Å². The second kappa shape index (κ2) is 6.39. The summed E-state index contributed by atoms with van der Waals surface area (Å²) in [4.78, 5) is 0. The molecule has 2 unspecified atom stereocenters. The monoisotopic (exact) mass is 256 g/mol. The first-order valence-electron chi connectivity index (χ1n) is 5.92. The Balaban J connectivity index is 1.82. The lowest BCUT2D eigenvalue weighted by molar-refractivity contribution is 0.0449.